The summed E-state index contributed by atoms with van der Waals surface area (Å²) in [5.74, 6) is 0. The van der Waals surface area contributed by atoms with Crippen molar-refractivity contribution in [3.05, 3.63) is 84.4 Å². The molecular formula is C22H22. The highest BCUT2D eigenvalue weighted by Crippen LogP contribution is 2.33. The van der Waals surface area contributed by atoms with Gasteiger partial charge in [-0.2, -0.15) is 0 Å². The summed E-state index contributed by atoms with van der Waals surface area (Å²) < 4.78 is 0. The predicted octanol–water partition coefficient (Wildman–Crippen LogP) is 6.32. The van der Waals surface area contributed by atoms with Crippen LogP contribution in [0.4, 0.5) is 0 Å². The Bertz CT molecular complexity index is 689. The summed E-state index contributed by atoms with van der Waals surface area (Å²) in [6.45, 7) is 6.81. The molecule has 0 saturated carbocycles. The van der Waals surface area contributed by atoms with Crippen LogP contribution >= 0.6 is 0 Å². The molecule has 0 heteroatoms. The van der Waals surface area contributed by atoms with Crippen LogP contribution in [0.3, 0.4) is 0 Å². The summed E-state index contributed by atoms with van der Waals surface area (Å²) in [6, 6.07) is 28.2. The van der Waals surface area contributed by atoms with E-state index in [4.69, 9.17) is 0 Å². The Kier molecular flexibility index (Phi) is 3.85. The standard InChI is InChI=1S/C22H22/c1-22(2,3)21-15-19(17-10-6-4-7-11-17)14-20(16-21)18-12-8-5-9-13-18/h4-16H,1-3H3. The second kappa shape index (κ2) is 5.81. The zero-order valence-corrected chi connectivity index (χ0v) is 13.5. The minimum Gasteiger partial charge on any atom is -0.0622 e. The Labute approximate surface area is 133 Å². The Morgan fingerprint density at radius 2 is 0.909 bits per heavy atom. The van der Waals surface area contributed by atoms with Gasteiger partial charge in [0.05, 0.1) is 0 Å². The van der Waals surface area contributed by atoms with Crippen molar-refractivity contribution in [2.24, 2.45) is 0 Å². The van der Waals surface area contributed by atoms with Gasteiger partial charge in [-0.25, -0.2) is 0 Å². The van der Waals surface area contributed by atoms with Crippen molar-refractivity contribution in [1.29, 1.82) is 0 Å². The molecular weight excluding hydrogens is 264 g/mol. The zero-order valence-electron chi connectivity index (χ0n) is 13.5. The molecule has 0 aliphatic carbocycles. The average molecular weight is 286 g/mol. The third-order valence-corrected chi connectivity index (χ3v) is 4.01. The third kappa shape index (κ3) is 3.12. The highest BCUT2D eigenvalue weighted by Gasteiger charge is 2.16. The van der Waals surface area contributed by atoms with Crippen LogP contribution < -0.4 is 0 Å². The molecule has 0 heterocycles. The molecule has 0 N–H and O–H groups in total. The molecule has 0 radical (unpaired) electrons. The van der Waals surface area contributed by atoms with Gasteiger partial charge in [0.25, 0.3) is 0 Å². The van der Waals surface area contributed by atoms with Crippen molar-refractivity contribution in [3.63, 3.8) is 0 Å². The Morgan fingerprint density at radius 3 is 1.27 bits per heavy atom. The Balaban J connectivity index is 2.19. The van der Waals surface area contributed by atoms with Gasteiger partial charge < -0.3 is 0 Å². The highest BCUT2D eigenvalue weighted by atomic mass is 14.2. The van der Waals surface area contributed by atoms with Crippen molar-refractivity contribution in [3.8, 4) is 22.3 Å². The minimum atomic E-state index is 0.133. The van der Waals surface area contributed by atoms with Crippen LogP contribution in [0.2, 0.25) is 0 Å². The maximum Gasteiger partial charge on any atom is -0.0131 e. The molecule has 0 aliphatic heterocycles. The molecule has 0 amide bonds. The predicted molar refractivity (Wildman–Crippen MR) is 96.0 cm³/mol. The highest BCUT2D eigenvalue weighted by molar-refractivity contribution is 5.74. The van der Waals surface area contributed by atoms with Crippen molar-refractivity contribution in [2.75, 3.05) is 0 Å². The van der Waals surface area contributed by atoms with Gasteiger partial charge in [0.2, 0.25) is 0 Å². The van der Waals surface area contributed by atoms with E-state index in [0.29, 0.717) is 0 Å². The van der Waals surface area contributed by atoms with E-state index in [0.717, 1.165) is 0 Å². The summed E-state index contributed by atoms with van der Waals surface area (Å²) in [5, 5.41) is 0. The average Bonchev–Trinajstić information content (AvgIpc) is 2.55. The van der Waals surface area contributed by atoms with Crippen molar-refractivity contribution in [2.45, 2.75) is 26.2 Å². The molecule has 3 aromatic carbocycles. The molecule has 110 valence electrons. The lowest BCUT2D eigenvalue weighted by Gasteiger charge is -2.21. The molecule has 0 fully saturated rings. The number of rotatable bonds is 2. The SMILES string of the molecule is CC(C)(C)c1cc(-c2ccccc2)cc(-c2ccccc2)c1. The van der Waals surface area contributed by atoms with Gasteiger partial charge >= 0.3 is 0 Å². The topological polar surface area (TPSA) is 0 Å². The van der Waals surface area contributed by atoms with Crippen LogP contribution in [0.25, 0.3) is 22.3 Å². The molecule has 0 aromatic heterocycles. The molecule has 0 saturated heterocycles. The van der Waals surface area contributed by atoms with Crippen LogP contribution in [-0.2, 0) is 5.41 Å². The fourth-order valence-corrected chi connectivity index (χ4v) is 2.66. The molecule has 0 nitrogen and oxygen atoms in total. The van der Waals surface area contributed by atoms with Crippen LogP contribution in [0.1, 0.15) is 26.3 Å². The first kappa shape index (κ1) is 14.6. The molecule has 0 bridgehead atoms. The lowest BCUT2D eigenvalue weighted by Crippen LogP contribution is -2.11. The summed E-state index contributed by atoms with van der Waals surface area (Å²) in [6.07, 6.45) is 0. The molecule has 3 rings (SSSR count). The second-order valence-corrected chi connectivity index (χ2v) is 6.78. The number of benzene rings is 3. The first-order valence-corrected chi connectivity index (χ1v) is 7.80. The van der Waals surface area contributed by atoms with E-state index in [2.05, 4.69) is 99.6 Å². The van der Waals surface area contributed by atoms with Gasteiger partial charge in [0.1, 0.15) is 0 Å². The third-order valence-electron chi connectivity index (χ3n) is 4.01. The van der Waals surface area contributed by atoms with Crippen LogP contribution in [0, 0.1) is 0 Å². The second-order valence-electron chi connectivity index (χ2n) is 6.78. The summed E-state index contributed by atoms with van der Waals surface area (Å²) in [4.78, 5) is 0. The minimum absolute atomic E-state index is 0.133. The van der Waals surface area contributed by atoms with E-state index >= 15 is 0 Å². The van der Waals surface area contributed by atoms with E-state index in [-0.39, 0.29) is 5.41 Å². The lowest BCUT2D eigenvalue weighted by atomic mass is 9.83. The van der Waals surface area contributed by atoms with Crippen molar-refractivity contribution >= 4 is 0 Å². The van der Waals surface area contributed by atoms with Crippen molar-refractivity contribution in [1.82, 2.24) is 0 Å². The van der Waals surface area contributed by atoms with Gasteiger partial charge in [-0.15, -0.1) is 0 Å². The first-order valence-electron chi connectivity index (χ1n) is 7.80. The molecule has 0 atom stereocenters. The van der Waals surface area contributed by atoms with E-state index in [1.54, 1.807) is 0 Å². The van der Waals surface area contributed by atoms with E-state index in [1.807, 2.05) is 0 Å². The quantitative estimate of drug-likeness (QED) is 0.517. The molecule has 22 heavy (non-hydrogen) atoms. The summed E-state index contributed by atoms with van der Waals surface area (Å²) in [5.41, 5.74) is 6.61. The van der Waals surface area contributed by atoms with E-state index in [1.165, 1.54) is 27.8 Å². The fraction of sp³-hybridized carbons (Fsp3) is 0.182. The van der Waals surface area contributed by atoms with E-state index in [9.17, 15) is 0 Å². The molecule has 0 spiro atoms. The Morgan fingerprint density at radius 1 is 0.500 bits per heavy atom. The zero-order chi connectivity index (χ0) is 15.6. The normalized spacial score (nSPS) is 11.4. The smallest absolute Gasteiger partial charge is 0.0131 e. The lowest BCUT2D eigenvalue weighted by molar-refractivity contribution is 0.590. The molecule has 0 aliphatic rings. The van der Waals surface area contributed by atoms with Gasteiger partial charge in [0.15, 0.2) is 0 Å². The summed E-state index contributed by atoms with van der Waals surface area (Å²) in [7, 11) is 0. The maximum atomic E-state index is 2.32. The Hall–Kier alpha value is -2.34. The van der Waals surface area contributed by atoms with Crippen molar-refractivity contribution < 1.29 is 0 Å². The van der Waals surface area contributed by atoms with Crippen LogP contribution in [-0.4, -0.2) is 0 Å². The van der Waals surface area contributed by atoms with Crippen LogP contribution in [0.15, 0.2) is 78.9 Å². The number of hydrogen-bond acceptors (Lipinski definition) is 0. The first-order chi connectivity index (χ1) is 10.5. The molecule has 0 unspecified atom stereocenters. The van der Waals surface area contributed by atoms with Gasteiger partial charge in [-0.05, 0) is 39.3 Å². The largest absolute Gasteiger partial charge is 0.0622 e. The van der Waals surface area contributed by atoms with E-state index < -0.39 is 0 Å². The fourth-order valence-electron chi connectivity index (χ4n) is 2.66. The van der Waals surface area contributed by atoms with Gasteiger partial charge in [-0.3, -0.25) is 0 Å². The summed E-state index contributed by atoms with van der Waals surface area (Å²) >= 11 is 0. The maximum absolute atomic E-state index is 2.32. The van der Waals surface area contributed by atoms with Crippen LogP contribution in [0.5, 0.6) is 0 Å². The van der Waals surface area contributed by atoms with Gasteiger partial charge in [-0.1, -0.05) is 93.6 Å². The molecule has 3 aromatic rings. The van der Waals surface area contributed by atoms with Gasteiger partial charge in [0, 0.05) is 0 Å². The monoisotopic (exact) mass is 286 g/mol. The number of hydrogen-bond donors (Lipinski definition) is 0.